The lowest BCUT2D eigenvalue weighted by molar-refractivity contribution is -0.276. The molecule has 2 aliphatic carbocycles. The van der Waals surface area contributed by atoms with Crippen LogP contribution < -0.4 is 37.2 Å². The Hall–Kier alpha value is -3.31. The first-order valence-electron chi connectivity index (χ1n) is 35.3. The molecule has 0 bridgehead atoms. The molecule has 2 fully saturated rings. The second-order valence-corrected chi connectivity index (χ2v) is 28.2. The minimum Gasteiger partial charge on any atom is -0.354 e. The van der Waals surface area contributed by atoms with Crippen LogP contribution in [0.4, 0.5) is 0 Å². The largest absolute Gasteiger partial charge is 0.354 e. The Morgan fingerprint density at radius 2 is 0.593 bits per heavy atom. The standard InChI is InChI=1S/C21H40N2O4.C21H42N2O4.C20H38N2O4.C9H19NO.7H2/c1-17(2)19(24)9-8-10-20(25)23-14-16-27-21(11-6-5-7-12-21)26-15-13-22-18(3)4;1-16(2)18(24)10-9-11-19(25)23-13-15-27-21(8,20(5,6)7)26-14-12-22-17(3)4;1-16(2)18(23)8-7-9-19(24)22-13-15-26-20(10-5-6-11-20)25-14-12-21-17(3)4;1-7(2)9(11)5-6-10-8(3)4;;;;;;;/h17-18,22H,5-16H2,1-4H3,(H,23,25);16-17,22H,9-15H2,1-8H3,(H,23,25);16-17,21H,5-15H2,1-4H3,(H,22,24);7-8,10H,5-6H2,1-4H3;7*1H. The van der Waals surface area contributed by atoms with Crippen LogP contribution in [0.1, 0.15) is 270 Å². The summed E-state index contributed by atoms with van der Waals surface area (Å²) < 4.78 is 36.3. The number of hydrogen-bond acceptors (Lipinski definition) is 17. The second-order valence-electron chi connectivity index (χ2n) is 28.2. The number of nitrogens with one attached hydrogen (secondary N) is 7. The summed E-state index contributed by atoms with van der Waals surface area (Å²) >= 11 is 0. The number of ether oxygens (including phenoxy) is 6. The Morgan fingerprint density at radius 1 is 0.341 bits per heavy atom. The summed E-state index contributed by atoms with van der Waals surface area (Å²) in [5.74, 6) is -0.502. The van der Waals surface area contributed by atoms with E-state index >= 15 is 0 Å². The van der Waals surface area contributed by atoms with Gasteiger partial charge in [-0.2, -0.15) is 0 Å². The number of carbonyl (C=O) groups excluding carboxylic acids is 7. The third kappa shape index (κ3) is 49.0. The average Bonchev–Trinajstić information content (AvgIpc) is 1.11. The highest BCUT2D eigenvalue weighted by Gasteiger charge is 2.40. The highest BCUT2D eigenvalue weighted by Crippen LogP contribution is 2.36. The third-order valence-corrected chi connectivity index (χ3v) is 15.8. The zero-order valence-electron chi connectivity index (χ0n) is 61.6. The molecule has 20 nitrogen and oxygen atoms in total. The van der Waals surface area contributed by atoms with E-state index in [4.69, 9.17) is 28.4 Å². The monoisotopic (exact) mass is 1310 g/mol. The number of ketones is 4. The molecule has 20 heteroatoms. The van der Waals surface area contributed by atoms with Crippen LogP contribution in [0.3, 0.4) is 0 Å². The quantitative estimate of drug-likeness (QED) is 0.0221. The van der Waals surface area contributed by atoms with Crippen LogP contribution >= 0.6 is 0 Å². The summed E-state index contributed by atoms with van der Waals surface area (Å²) in [6, 6.07) is 1.80. The van der Waals surface area contributed by atoms with Crippen LogP contribution in [0.2, 0.25) is 0 Å². The Bertz CT molecular complexity index is 1970. The second kappa shape index (κ2) is 52.0. The molecule has 0 saturated heterocycles. The molecule has 7 N–H and O–H groups in total. The van der Waals surface area contributed by atoms with Crippen molar-refractivity contribution < 1.29 is 72.0 Å². The van der Waals surface area contributed by atoms with Gasteiger partial charge in [0.2, 0.25) is 17.7 Å². The van der Waals surface area contributed by atoms with Crippen LogP contribution in [0.5, 0.6) is 0 Å². The van der Waals surface area contributed by atoms with Crippen molar-refractivity contribution in [3.63, 3.8) is 0 Å². The highest BCUT2D eigenvalue weighted by molar-refractivity contribution is 5.83. The molecular formula is C71H153N7O13. The Morgan fingerprint density at radius 3 is 0.890 bits per heavy atom. The summed E-state index contributed by atoms with van der Waals surface area (Å²) in [5.41, 5.74) is -0.202. The fraction of sp³-hybridized carbons (Fsp3) is 0.901. The summed E-state index contributed by atoms with van der Waals surface area (Å²) in [7, 11) is 0. The highest BCUT2D eigenvalue weighted by atomic mass is 16.7. The van der Waals surface area contributed by atoms with E-state index in [2.05, 4.69) is 113 Å². The fourth-order valence-corrected chi connectivity index (χ4v) is 9.37. The van der Waals surface area contributed by atoms with E-state index < -0.39 is 17.4 Å². The third-order valence-electron chi connectivity index (χ3n) is 15.8. The van der Waals surface area contributed by atoms with E-state index in [9.17, 15) is 33.6 Å². The van der Waals surface area contributed by atoms with E-state index in [1.807, 2.05) is 62.3 Å². The summed E-state index contributed by atoms with van der Waals surface area (Å²) in [5, 5.41) is 21.8. The van der Waals surface area contributed by atoms with Gasteiger partial charge >= 0.3 is 0 Å². The first-order chi connectivity index (χ1) is 42.6. The molecule has 550 valence electrons. The SMILES string of the molecule is CC(C)NCCC(=O)C(C)C.CC(C)NCCOC(C)(OCCNC(=O)CCCC(=O)C(C)C)C(C)(C)C.CC(C)NCCOC1(OCCNC(=O)CCCC(=O)C(C)C)CCCC1.CC(C)NCCOC1(OCCNC(=O)CCCC(=O)C(C)C)CCCCC1.[HH].[HH].[HH].[HH].[HH].[HH].[HH]. The molecule has 91 heavy (non-hydrogen) atoms. The van der Waals surface area contributed by atoms with Crippen molar-refractivity contribution in [3.05, 3.63) is 0 Å². The average molecular weight is 1310 g/mol. The Balaban J connectivity index is -0.000000155. The van der Waals surface area contributed by atoms with E-state index in [0.29, 0.717) is 153 Å². The molecule has 1 unspecified atom stereocenters. The first-order valence-corrected chi connectivity index (χ1v) is 35.3. The van der Waals surface area contributed by atoms with Crippen molar-refractivity contribution in [3.8, 4) is 0 Å². The summed E-state index contributed by atoms with van der Waals surface area (Å²) in [4.78, 5) is 81.3. The predicted molar refractivity (Wildman–Crippen MR) is 383 cm³/mol. The van der Waals surface area contributed by atoms with E-state index in [-0.39, 0.29) is 74.1 Å². The van der Waals surface area contributed by atoms with Crippen LogP contribution in [-0.4, -0.2) is 168 Å². The van der Waals surface area contributed by atoms with Gasteiger partial charge in [0.05, 0.1) is 39.6 Å². The summed E-state index contributed by atoms with van der Waals surface area (Å²) in [6.07, 6.45) is 14.4. The lowest BCUT2D eigenvalue weighted by atomic mass is 9.86. The summed E-state index contributed by atoms with van der Waals surface area (Å²) in [6.45, 7) is 47.9. The van der Waals surface area contributed by atoms with E-state index in [1.54, 1.807) is 0 Å². The van der Waals surface area contributed by atoms with Crippen LogP contribution in [0.15, 0.2) is 0 Å². The van der Waals surface area contributed by atoms with Gasteiger partial charge in [-0.3, -0.25) is 33.6 Å². The minimum atomic E-state index is -0.736. The number of hydrogen-bond donors (Lipinski definition) is 7. The molecular weight excluding hydrogens is 1160 g/mol. The van der Waals surface area contributed by atoms with Crippen molar-refractivity contribution in [2.45, 2.75) is 302 Å². The minimum absolute atomic E-state index is 0. The Labute approximate surface area is 564 Å². The molecule has 0 spiro atoms. The molecule has 2 rings (SSSR count). The van der Waals surface area contributed by atoms with Crippen LogP contribution in [0.25, 0.3) is 0 Å². The van der Waals surface area contributed by atoms with Crippen molar-refractivity contribution >= 4 is 40.9 Å². The van der Waals surface area contributed by atoms with Gasteiger partial charge < -0.3 is 65.6 Å². The van der Waals surface area contributed by atoms with Gasteiger partial charge in [0.25, 0.3) is 0 Å². The van der Waals surface area contributed by atoms with Gasteiger partial charge in [-0.25, -0.2) is 0 Å². The number of amides is 3. The first kappa shape index (κ1) is 89.7. The molecule has 2 aliphatic rings. The van der Waals surface area contributed by atoms with Crippen molar-refractivity contribution in [1.29, 1.82) is 0 Å². The molecule has 3 amide bonds. The number of rotatable bonds is 47. The lowest BCUT2D eigenvalue weighted by Gasteiger charge is -2.41. The molecule has 0 aliphatic heterocycles. The maximum Gasteiger partial charge on any atom is 0.220 e. The van der Waals surface area contributed by atoms with Gasteiger partial charge in [-0.1, -0.05) is 138 Å². The predicted octanol–water partition coefficient (Wildman–Crippen LogP) is 12.6. The van der Waals surface area contributed by atoms with Crippen molar-refractivity contribution in [2.75, 3.05) is 85.5 Å². The van der Waals surface area contributed by atoms with Crippen molar-refractivity contribution in [2.24, 2.45) is 29.1 Å². The molecule has 0 aromatic rings. The lowest BCUT2D eigenvalue weighted by Crippen LogP contribution is -2.47. The molecule has 0 aromatic heterocycles. The Kier molecular flexibility index (Phi) is 51.2. The zero-order chi connectivity index (χ0) is 69.5. The van der Waals surface area contributed by atoms with Gasteiger partial charge in [0, 0.05) is 180 Å². The smallest absolute Gasteiger partial charge is 0.220 e. The molecule has 1 atom stereocenters. The molecule has 0 aromatic carbocycles. The topological polar surface area (TPSA) is 259 Å². The normalized spacial score (nSPS) is 15.3. The van der Waals surface area contributed by atoms with Gasteiger partial charge in [-0.15, -0.1) is 0 Å². The maximum atomic E-state index is 11.9. The van der Waals surface area contributed by atoms with Crippen LogP contribution in [-0.2, 0) is 62.0 Å². The fourth-order valence-electron chi connectivity index (χ4n) is 9.37. The molecule has 2 saturated carbocycles. The number of carbonyl (C=O) groups is 7. The van der Waals surface area contributed by atoms with Gasteiger partial charge in [0.1, 0.15) is 23.1 Å². The van der Waals surface area contributed by atoms with Gasteiger partial charge in [0.15, 0.2) is 17.4 Å². The molecule has 0 heterocycles. The van der Waals surface area contributed by atoms with E-state index in [0.717, 1.165) is 77.5 Å². The van der Waals surface area contributed by atoms with Crippen LogP contribution in [0, 0.1) is 29.1 Å². The van der Waals surface area contributed by atoms with Crippen molar-refractivity contribution in [1.82, 2.24) is 37.2 Å². The maximum absolute atomic E-state index is 11.9. The zero-order valence-corrected chi connectivity index (χ0v) is 61.6. The van der Waals surface area contributed by atoms with E-state index in [1.165, 1.54) is 6.42 Å². The number of Topliss-reactive ketones (excluding diaryl/α,β-unsaturated/α-hetero) is 4. The van der Waals surface area contributed by atoms with Gasteiger partial charge in [-0.05, 0) is 51.9 Å². The molecule has 0 radical (unpaired) electrons.